The Morgan fingerprint density at radius 2 is 2.12 bits per heavy atom. The van der Waals surface area contributed by atoms with Gasteiger partial charge in [0.2, 0.25) is 0 Å². The zero-order valence-electron chi connectivity index (χ0n) is 10.1. The van der Waals surface area contributed by atoms with Crippen molar-refractivity contribution in [3.8, 4) is 0 Å². The molecule has 0 radical (unpaired) electrons. The van der Waals surface area contributed by atoms with E-state index in [1.807, 2.05) is 24.4 Å². The van der Waals surface area contributed by atoms with Gasteiger partial charge in [-0.05, 0) is 43.5 Å². The molecule has 88 valence electrons. The summed E-state index contributed by atoms with van der Waals surface area (Å²) < 4.78 is 0. The third-order valence-corrected chi connectivity index (χ3v) is 3.78. The Bertz CT molecular complexity index is 546. The number of benzene rings is 1. The van der Waals surface area contributed by atoms with Crippen LogP contribution in [0.25, 0.3) is 10.9 Å². The SMILES string of the molecule is CN(c1ccc(N)c2cccnc12)C1CCC1. The molecule has 1 aromatic carbocycles. The Hall–Kier alpha value is -1.77. The van der Waals surface area contributed by atoms with Gasteiger partial charge in [0.05, 0.1) is 11.2 Å². The summed E-state index contributed by atoms with van der Waals surface area (Å²) in [7, 11) is 2.16. The molecule has 2 aromatic rings. The van der Waals surface area contributed by atoms with Gasteiger partial charge < -0.3 is 10.6 Å². The fourth-order valence-corrected chi connectivity index (χ4v) is 2.44. The van der Waals surface area contributed by atoms with Crippen LogP contribution in [0.2, 0.25) is 0 Å². The predicted molar refractivity (Wildman–Crippen MR) is 72.2 cm³/mol. The first-order valence-corrected chi connectivity index (χ1v) is 6.13. The van der Waals surface area contributed by atoms with E-state index >= 15 is 0 Å². The summed E-state index contributed by atoms with van der Waals surface area (Å²) in [6, 6.07) is 8.71. The van der Waals surface area contributed by atoms with E-state index in [1.165, 1.54) is 24.9 Å². The monoisotopic (exact) mass is 227 g/mol. The van der Waals surface area contributed by atoms with Crippen molar-refractivity contribution in [1.29, 1.82) is 0 Å². The predicted octanol–water partition coefficient (Wildman–Crippen LogP) is 2.81. The maximum absolute atomic E-state index is 5.99. The highest BCUT2D eigenvalue weighted by Gasteiger charge is 2.23. The quantitative estimate of drug-likeness (QED) is 0.802. The molecule has 1 fully saturated rings. The molecule has 0 bridgehead atoms. The number of nitrogens with zero attached hydrogens (tertiary/aromatic N) is 2. The largest absolute Gasteiger partial charge is 0.398 e. The average Bonchev–Trinajstić information content (AvgIpc) is 2.27. The molecule has 3 rings (SSSR count). The van der Waals surface area contributed by atoms with Gasteiger partial charge >= 0.3 is 0 Å². The number of aromatic nitrogens is 1. The number of hydrogen-bond acceptors (Lipinski definition) is 3. The number of fused-ring (bicyclic) bond motifs is 1. The molecule has 0 spiro atoms. The van der Waals surface area contributed by atoms with E-state index in [9.17, 15) is 0 Å². The number of rotatable bonds is 2. The molecule has 1 aliphatic carbocycles. The maximum atomic E-state index is 5.99. The van der Waals surface area contributed by atoms with E-state index in [1.54, 1.807) is 0 Å². The van der Waals surface area contributed by atoms with Crippen molar-refractivity contribution in [2.75, 3.05) is 17.7 Å². The molecule has 0 unspecified atom stereocenters. The van der Waals surface area contributed by atoms with Gasteiger partial charge in [-0.1, -0.05) is 0 Å². The van der Waals surface area contributed by atoms with Gasteiger partial charge in [0.15, 0.2) is 0 Å². The van der Waals surface area contributed by atoms with Crippen LogP contribution in [0.1, 0.15) is 19.3 Å². The number of hydrogen-bond donors (Lipinski definition) is 1. The third kappa shape index (κ3) is 1.62. The number of nitrogens with two attached hydrogens (primary N) is 1. The normalized spacial score (nSPS) is 15.8. The second-order valence-electron chi connectivity index (χ2n) is 4.77. The molecule has 17 heavy (non-hydrogen) atoms. The molecule has 0 aliphatic heterocycles. The molecule has 0 amide bonds. The first kappa shape index (κ1) is 10.4. The first-order valence-electron chi connectivity index (χ1n) is 6.13. The van der Waals surface area contributed by atoms with Crippen LogP contribution >= 0.6 is 0 Å². The lowest BCUT2D eigenvalue weighted by molar-refractivity contribution is 0.401. The van der Waals surface area contributed by atoms with Crippen LogP contribution in [-0.2, 0) is 0 Å². The number of nitrogen functional groups attached to an aromatic ring is 1. The fourth-order valence-electron chi connectivity index (χ4n) is 2.44. The molecule has 3 heteroatoms. The van der Waals surface area contributed by atoms with Crippen molar-refractivity contribution in [3.63, 3.8) is 0 Å². The summed E-state index contributed by atoms with van der Waals surface area (Å²) in [5.41, 5.74) is 9.00. The lowest BCUT2D eigenvalue weighted by atomic mass is 9.91. The Kier molecular flexibility index (Phi) is 2.39. The number of pyridine rings is 1. The molecule has 0 saturated heterocycles. The van der Waals surface area contributed by atoms with E-state index in [4.69, 9.17) is 5.73 Å². The standard InChI is InChI=1S/C14H17N3/c1-17(10-4-2-5-10)13-8-7-12(15)11-6-3-9-16-14(11)13/h3,6-10H,2,4-5,15H2,1H3. The van der Waals surface area contributed by atoms with Crippen molar-refractivity contribution in [3.05, 3.63) is 30.5 Å². The van der Waals surface area contributed by atoms with Gasteiger partial charge in [0, 0.05) is 30.4 Å². The Morgan fingerprint density at radius 1 is 1.29 bits per heavy atom. The van der Waals surface area contributed by atoms with E-state index < -0.39 is 0 Å². The van der Waals surface area contributed by atoms with Crippen LogP contribution in [0.4, 0.5) is 11.4 Å². The van der Waals surface area contributed by atoms with Crippen LogP contribution in [0.15, 0.2) is 30.5 Å². The molecule has 1 heterocycles. The van der Waals surface area contributed by atoms with Crippen LogP contribution in [0.3, 0.4) is 0 Å². The van der Waals surface area contributed by atoms with Crippen LogP contribution < -0.4 is 10.6 Å². The zero-order valence-corrected chi connectivity index (χ0v) is 10.1. The van der Waals surface area contributed by atoms with Gasteiger partial charge in [-0.3, -0.25) is 4.98 Å². The highest BCUT2D eigenvalue weighted by Crippen LogP contribution is 2.33. The molecular formula is C14H17N3. The second-order valence-corrected chi connectivity index (χ2v) is 4.77. The van der Waals surface area contributed by atoms with Crippen LogP contribution in [0, 0.1) is 0 Å². The minimum atomic E-state index is 0.670. The van der Waals surface area contributed by atoms with Gasteiger partial charge in [0.1, 0.15) is 0 Å². The topological polar surface area (TPSA) is 42.1 Å². The van der Waals surface area contributed by atoms with E-state index in [0.717, 1.165) is 16.6 Å². The number of anilines is 2. The third-order valence-electron chi connectivity index (χ3n) is 3.78. The fraction of sp³-hybridized carbons (Fsp3) is 0.357. The first-order chi connectivity index (χ1) is 8.27. The van der Waals surface area contributed by atoms with Crippen LogP contribution in [0.5, 0.6) is 0 Å². The van der Waals surface area contributed by atoms with Crippen molar-refractivity contribution in [2.24, 2.45) is 0 Å². The summed E-state index contributed by atoms with van der Waals surface area (Å²) >= 11 is 0. The smallest absolute Gasteiger partial charge is 0.0955 e. The van der Waals surface area contributed by atoms with Gasteiger partial charge in [0.25, 0.3) is 0 Å². The zero-order chi connectivity index (χ0) is 11.8. The molecule has 1 saturated carbocycles. The van der Waals surface area contributed by atoms with E-state index in [-0.39, 0.29) is 0 Å². The van der Waals surface area contributed by atoms with Crippen molar-refractivity contribution in [2.45, 2.75) is 25.3 Å². The Labute approximate surface area is 101 Å². The maximum Gasteiger partial charge on any atom is 0.0955 e. The van der Waals surface area contributed by atoms with Crippen LogP contribution in [-0.4, -0.2) is 18.1 Å². The van der Waals surface area contributed by atoms with Gasteiger partial charge in [-0.15, -0.1) is 0 Å². The minimum absolute atomic E-state index is 0.670. The highest BCUT2D eigenvalue weighted by molar-refractivity contribution is 5.98. The van der Waals surface area contributed by atoms with E-state index in [0.29, 0.717) is 6.04 Å². The second kappa shape index (κ2) is 3.91. The summed E-state index contributed by atoms with van der Waals surface area (Å²) in [4.78, 5) is 6.83. The lowest BCUT2D eigenvalue weighted by Gasteiger charge is -2.36. The lowest BCUT2D eigenvalue weighted by Crippen LogP contribution is -2.37. The Morgan fingerprint density at radius 3 is 2.82 bits per heavy atom. The van der Waals surface area contributed by atoms with Crippen molar-refractivity contribution >= 4 is 22.3 Å². The van der Waals surface area contributed by atoms with Crippen molar-refractivity contribution < 1.29 is 0 Å². The van der Waals surface area contributed by atoms with Gasteiger partial charge in [-0.2, -0.15) is 0 Å². The average molecular weight is 227 g/mol. The summed E-state index contributed by atoms with van der Waals surface area (Å²) in [6.07, 6.45) is 5.75. The molecule has 1 aliphatic rings. The molecular weight excluding hydrogens is 210 g/mol. The minimum Gasteiger partial charge on any atom is -0.398 e. The highest BCUT2D eigenvalue weighted by atomic mass is 15.1. The molecule has 2 N–H and O–H groups in total. The van der Waals surface area contributed by atoms with Crippen molar-refractivity contribution in [1.82, 2.24) is 4.98 Å². The molecule has 1 aromatic heterocycles. The molecule has 3 nitrogen and oxygen atoms in total. The van der Waals surface area contributed by atoms with E-state index in [2.05, 4.69) is 23.0 Å². The summed E-state index contributed by atoms with van der Waals surface area (Å²) in [5, 5.41) is 1.05. The Balaban J connectivity index is 2.12. The summed E-state index contributed by atoms with van der Waals surface area (Å²) in [6.45, 7) is 0. The van der Waals surface area contributed by atoms with Gasteiger partial charge in [-0.25, -0.2) is 0 Å². The molecule has 0 atom stereocenters. The summed E-state index contributed by atoms with van der Waals surface area (Å²) in [5.74, 6) is 0.